The number of carbonyl (C=O) groups excluding carboxylic acids is 3. The molecule has 0 aromatic heterocycles. The molecule has 3 amide bonds. The second-order valence-electron chi connectivity index (χ2n) is 6.07. The maximum atomic E-state index is 12.6. The van der Waals surface area contributed by atoms with Crippen LogP contribution < -0.4 is 15.5 Å². The standard InChI is InChI=1S/C20H21N3O3/c1-3-13-5-8-15(9-6-13)23-17-10-7-14(20(26)21-4-2)11-16(17)22-18(24)12-19(23)25/h5-11H,3-4,12H2,1-2H3,(H,21,26)(H,22,24). The Morgan fingerprint density at radius 2 is 1.85 bits per heavy atom. The van der Waals surface area contributed by atoms with Crippen molar-refractivity contribution in [3.05, 3.63) is 53.6 Å². The van der Waals surface area contributed by atoms with Gasteiger partial charge in [0, 0.05) is 17.8 Å². The minimum Gasteiger partial charge on any atom is -0.352 e. The lowest BCUT2D eigenvalue weighted by Crippen LogP contribution is -2.26. The molecule has 0 radical (unpaired) electrons. The van der Waals surface area contributed by atoms with Crippen molar-refractivity contribution in [3.8, 4) is 0 Å². The van der Waals surface area contributed by atoms with Gasteiger partial charge in [-0.25, -0.2) is 0 Å². The predicted octanol–water partition coefficient (Wildman–Crippen LogP) is 3.01. The third kappa shape index (κ3) is 3.44. The van der Waals surface area contributed by atoms with Gasteiger partial charge >= 0.3 is 0 Å². The molecule has 2 aromatic carbocycles. The molecule has 6 nitrogen and oxygen atoms in total. The van der Waals surface area contributed by atoms with Crippen LogP contribution in [0.4, 0.5) is 17.1 Å². The van der Waals surface area contributed by atoms with Crippen LogP contribution in [-0.4, -0.2) is 24.3 Å². The summed E-state index contributed by atoms with van der Waals surface area (Å²) in [5.41, 5.74) is 3.29. The molecule has 2 aromatic rings. The Labute approximate surface area is 152 Å². The highest BCUT2D eigenvalue weighted by Gasteiger charge is 2.28. The average molecular weight is 351 g/mol. The normalized spacial score (nSPS) is 13.7. The summed E-state index contributed by atoms with van der Waals surface area (Å²) < 4.78 is 0. The van der Waals surface area contributed by atoms with E-state index < -0.39 is 5.91 Å². The molecule has 3 rings (SSSR count). The van der Waals surface area contributed by atoms with E-state index in [9.17, 15) is 14.4 Å². The summed E-state index contributed by atoms with van der Waals surface area (Å²) >= 11 is 0. The molecular formula is C20H21N3O3. The molecular weight excluding hydrogens is 330 g/mol. The first-order chi connectivity index (χ1) is 12.5. The Balaban J connectivity index is 2.07. The maximum Gasteiger partial charge on any atom is 0.251 e. The minimum absolute atomic E-state index is 0.223. The summed E-state index contributed by atoms with van der Waals surface area (Å²) in [6.07, 6.45) is 0.654. The number of nitrogens with zero attached hydrogens (tertiary/aromatic N) is 1. The second-order valence-corrected chi connectivity index (χ2v) is 6.07. The number of carbonyl (C=O) groups is 3. The fraction of sp³-hybridized carbons (Fsp3) is 0.250. The molecule has 0 unspecified atom stereocenters. The fourth-order valence-corrected chi connectivity index (χ4v) is 2.94. The highest BCUT2D eigenvalue weighted by molar-refractivity contribution is 6.17. The lowest BCUT2D eigenvalue weighted by Gasteiger charge is -2.23. The summed E-state index contributed by atoms with van der Waals surface area (Å²) in [6.45, 7) is 4.41. The van der Waals surface area contributed by atoms with Crippen molar-refractivity contribution in [2.75, 3.05) is 16.8 Å². The van der Waals surface area contributed by atoms with Crippen molar-refractivity contribution in [2.45, 2.75) is 26.7 Å². The van der Waals surface area contributed by atoms with Gasteiger partial charge in [-0.3, -0.25) is 19.3 Å². The summed E-state index contributed by atoms with van der Waals surface area (Å²) in [5, 5.41) is 5.46. The number of anilines is 3. The van der Waals surface area contributed by atoms with Crippen LogP contribution in [0.3, 0.4) is 0 Å². The van der Waals surface area contributed by atoms with Crippen LogP contribution in [0, 0.1) is 0 Å². The largest absolute Gasteiger partial charge is 0.352 e. The monoisotopic (exact) mass is 351 g/mol. The van der Waals surface area contributed by atoms with Gasteiger partial charge in [-0.05, 0) is 49.2 Å². The number of hydrogen-bond acceptors (Lipinski definition) is 3. The van der Waals surface area contributed by atoms with E-state index in [0.29, 0.717) is 29.2 Å². The Bertz CT molecular complexity index is 859. The van der Waals surface area contributed by atoms with Gasteiger partial charge in [0.2, 0.25) is 11.8 Å². The average Bonchev–Trinajstić information content (AvgIpc) is 2.75. The van der Waals surface area contributed by atoms with Gasteiger partial charge in [-0.2, -0.15) is 0 Å². The van der Waals surface area contributed by atoms with E-state index in [2.05, 4.69) is 17.6 Å². The molecule has 134 valence electrons. The first-order valence-electron chi connectivity index (χ1n) is 8.67. The molecule has 0 atom stereocenters. The van der Waals surface area contributed by atoms with Gasteiger partial charge in [0.1, 0.15) is 6.42 Å². The van der Waals surface area contributed by atoms with E-state index in [0.717, 1.165) is 12.0 Å². The number of hydrogen-bond donors (Lipinski definition) is 2. The van der Waals surface area contributed by atoms with Gasteiger partial charge in [-0.1, -0.05) is 19.1 Å². The molecule has 6 heteroatoms. The van der Waals surface area contributed by atoms with Gasteiger partial charge in [-0.15, -0.1) is 0 Å². The molecule has 0 spiro atoms. The van der Waals surface area contributed by atoms with E-state index in [1.54, 1.807) is 18.2 Å². The minimum atomic E-state index is -0.392. The molecule has 0 aliphatic carbocycles. The lowest BCUT2D eigenvalue weighted by molar-refractivity contribution is -0.124. The number of aryl methyl sites for hydroxylation is 1. The zero-order valence-electron chi connectivity index (χ0n) is 14.8. The van der Waals surface area contributed by atoms with Crippen molar-refractivity contribution in [1.82, 2.24) is 5.32 Å². The maximum absolute atomic E-state index is 12.6. The number of fused-ring (bicyclic) bond motifs is 1. The smallest absolute Gasteiger partial charge is 0.251 e. The summed E-state index contributed by atoms with van der Waals surface area (Å²) in [7, 11) is 0. The third-order valence-electron chi connectivity index (χ3n) is 4.28. The Morgan fingerprint density at radius 3 is 2.50 bits per heavy atom. The quantitative estimate of drug-likeness (QED) is 0.831. The van der Waals surface area contributed by atoms with Crippen molar-refractivity contribution in [1.29, 1.82) is 0 Å². The number of nitrogens with one attached hydrogen (secondary N) is 2. The van der Waals surface area contributed by atoms with Crippen molar-refractivity contribution >= 4 is 34.8 Å². The highest BCUT2D eigenvalue weighted by Crippen LogP contribution is 2.36. The van der Waals surface area contributed by atoms with Crippen LogP contribution in [0.2, 0.25) is 0 Å². The summed E-state index contributed by atoms with van der Waals surface area (Å²) in [6, 6.07) is 12.6. The zero-order valence-corrected chi connectivity index (χ0v) is 14.8. The van der Waals surface area contributed by atoms with E-state index >= 15 is 0 Å². The number of amides is 3. The van der Waals surface area contributed by atoms with E-state index in [1.165, 1.54) is 4.90 Å². The van der Waals surface area contributed by atoms with Gasteiger partial charge in [0.15, 0.2) is 0 Å². The van der Waals surface area contributed by atoms with Gasteiger partial charge in [0.25, 0.3) is 5.91 Å². The molecule has 0 fully saturated rings. The Hall–Kier alpha value is -3.15. The molecule has 0 bridgehead atoms. The van der Waals surface area contributed by atoms with Crippen LogP contribution in [0.1, 0.15) is 36.2 Å². The molecule has 26 heavy (non-hydrogen) atoms. The molecule has 1 heterocycles. The van der Waals surface area contributed by atoms with Crippen LogP contribution in [0.15, 0.2) is 42.5 Å². The lowest BCUT2D eigenvalue weighted by atomic mass is 10.1. The van der Waals surface area contributed by atoms with Crippen LogP contribution in [0.5, 0.6) is 0 Å². The molecule has 0 saturated heterocycles. The van der Waals surface area contributed by atoms with E-state index in [-0.39, 0.29) is 18.2 Å². The number of rotatable bonds is 4. The molecule has 0 saturated carbocycles. The van der Waals surface area contributed by atoms with Crippen LogP contribution >= 0.6 is 0 Å². The topological polar surface area (TPSA) is 78.5 Å². The summed E-state index contributed by atoms with van der Waals surface area (Å²) in [4.78, 5) is 38.3. The predicted molar refractivity (Wildman–Crippen MR) is 101 cm³/mol. The fourth-order valence-electron chi connectivity index (χ4n) is 2.94. The van der Waals surface area contributed by atoms with Crippen molar-refractivity contribution < 1.29 is 14.4 Å². The van der Waals surface area contributed by atoms with Crippen LogP contribution in [-0.2, 0) is 16.0 Å². The van der Waals surface area contributed by atoms with E-state index in [4.69, 9.17) is 0 Å². The van der Waals surface area contributed by atoms with Crippen molar-refractivity contribution in [3.63, 3.8) is 0 Å². The first kappa shape index (κ1) is 17.7. The third-order valence-corrected chi connectivity index (χ3v) is 4.28. The molecule has 1 aliphatic heterocycles. The Kier molecular flexibility index (Phi) is 5.02. The van der Waals surface area contributed by atoms with Crippen LogP contribution in [0.25, 0.3) is 0 Å². The highest BCUT2D eigenvalue weighted by atomic mass is 16.2. The van der Waals surface area contributed by atoms with E-state index in [1.807, 2.05) is 31.2 Å². The van der Waals surface area contributed by atoms with Gasteiger partial charge < -0.3 is 10.6 Å². The van der Waals surface area contributed by atoms with Gasteiger partial charge in [0.05, 0.1) is 11.4 Å². The first-order valence-corrected chi connectivity index (χ1v) is 8.67. The SMILES string of the molecule is CCNC(=O)c1ccc2c(c1)NC(=O)CC(=O)N2c1ccc(CC)cc1. The zero-order chi connectivity index (χ0) is 18.7. The molecule has 2 N–H and O–H groups in total. The van der Waals surface area contributed by atoms with Crippen molar-refractivity contribution in [2.24, 2.45) is 0 Å². The number of benzene rings is 2. The second kappa shape index (κ2) is 7.39. The Morgan fingerprint density at radius 1 is 1.12 bits per heavy atom. The summed E-state index contributed by atoms with van der Waals surface area (Å²) in [5.74, 6) is -0.924. The molecule has 1 aliphatic rings.